The third-order valence-electron chi connectivity index (χ3n) is 8.68. The Morgan fingerprint density at radius 3 is 2.69 bits per heavy atom. The highest BCUT2D eigenvalue weighted by Gasteiger charge is 2.57. The molecule has 0 radical (unpaired) electrons. The monoisotopic (exact) mass is 399 g/mol. The fraction of sp³-hybridized carbons (Fsp3) is 0.760. The molecule has 2 fully saturated rings. The van der Waals surface area contributed by atoms with E-state index in [1.807, 2.05) is 26.4 Å². The Morgan fingerprint density at radius 2 is 2.03 bits per heavy atom. The molecule has 29 heavy (non-hydrogen) atoms. The summed E-state index contributed by atoms with van der Waals surface area (Å²) in [6.45, 7) is 10.0. The zero-order chi connectivity index (χ0) is 21.1. The second-order valence-corrected chi connectivity index (χ2v) is 9.66. The minimum atomic E-state index is 0.267. The highest BCUT2D eigenvalue weighted by Crippen LogP contribution is 2.65. The fourth-order valence-electron chi connectivity index (χ4n) is 7.17. The Hall–Kier alpha value is -1.42. The van der Waals surface area contributed by atoms with Gasteiger partial charge in [-0.25, -0.2) is 4.98 Å². The molecule has 6 unspecified atom stereocenters. The van der Waals surface area contributed by atoms with Crippen LogP contribution in [0, 0.1) is 34.5 Å². The predicted octanol–water partition coefficient (Wildman–Crippen LogP) is 5.42. The molecular formula is C25H41N3O. The van der Waals surface area contributed by atoms with Crippen LogP contribution in [0.4, 0.5) is 0 Å². The van der Waals surface area contributed by atoms with Gasteiger partial charge in [0.2, 0.25) is 0 Å². The number of allylic oxidation sites excluding steroid dienone is 2. The van der Waals surface area contributed by atoms with Crippen LogP contribution in [-0.4, -0.2) is 29.4 Å². The van der Waals surface area contributed by atoms with E-state index in [4.69, 9.17) is 0 Å². The van der Waals surface area contributed by atoms with Gasteiger partial charge in [-0.2, -0.15) is 0 Å². The van der Waals surface area contributed by atoms with E-state index in [1.165, 1.54) is 50.5 Å². The van der Waals surface area contributed by atoms with Gasteiger partial charge in [-0.15, -0.1) is 0 Å². The summed E-state index contributed by atoms with van der Waals surface area (Å²) in [5, 5.41) is 3.37. The lowest BCUT2D eigenvalue weighted by molar-refractivity contribution is -0.115. The van der Waals surface area contributed by atoms with Gasteiger partial charge in [0.25, 0.3) is 0 Å². The zero-order valence-electron chi connectivity index (χ0n) is 19.2. The van der Waals surface area contributed by atoms with Crippen molar-refractivity contribution in [3.8, 4) is 0 Å². The molecule has 4 heteroatoms. The first kappa shape index (κ1) is 22.3. The van der Waals surface area contributed by atoms with Crippen LogP contribution in [0.2, 0.25) is 0 Å². The Labute approximate surface area is 177 Å². The van der Waals surface area contributed by atoms with Crippen LogP contribution < -0.4 is 5.32 Å². The minimum Gasteiger partial charge on any atom is -0.320 e. The van der Waals surface area contributed by atoms with Crippen molar-refractivity contribution in [2.45, 2.75) is 72.6 Å². The number of carbonyl (C=O) groups is 1. The Morgan fingerprint density at radius 1 is 1.24 bits per heavy atom. The van der Waals surface area contributed by atoms with Gasteiger partial charge in [-0.05, 0) is 81.2 Å². The van der Waals surface area contributed by atoms with Crippen LogP contribution in [0.15, 0.2) is 24.8 Å². The molecular weight excluding hydrogens is 358 g/mol. The average Bonchev–Trinajstić information content (AvgIpc) is 3.37. The van der Waals surface area contributed by atoms with Crippen LogP contribution in [0.5, 0.6) is 0 Å². The molecule has 6 atom stereocenters. The van der Waals surface area contributed by atoms with Gasteiger partial charge >= 0.3 is 0 Å². The number of fused-ring (bicyclic) bond motifs is 3. The largest absolute Gasteiger partial charge is 0.320 e. The van der Waals surface area contributed by atoms with Crippen LogP contribution in [0.3, 0.4) is 0 Å². The van der Waals surface area contributed by atoms with E-state index in [0.29, 0.717) is 5.92 Å². The molecule has 4 nitrogen and oxygen atoms in total. The molecule has 162 valence electrons. The summed E-state index contributed by atoms with van der Waals surface area (Å²) < 4.78 is 2.25. The number of hydrogen-bond donors (Lipinski definition) is 1. The van der Waals surface area contributed by atoms with E-state index in [9.17, 15) is 4.79 Å². The first-order valence-corrected chi connectivity index (χ1v) is 11.8. The van der Waals surface area contributed by atoms with Crippen LogP contribution >= 0.6 is 0 Å². The van der Waals surface area contributed by atoms with Gasteiger partial charge in [-0.1, -0.05) is 33.8 Å². The lowest BCUT2D eigenvalue weighted by Crippen LogP contribution is -2.52. The number of nitrogens with zero attached hydrogens (tertiary/aromatic N) is 2. The summed E-state index contributed by atoms with van der Waals surface area (Å²) in [5.41, 5.74) is 2.02. The first-order valence-electron chi connectivity index (χ1n) is 11.8. The molecule has 1 aromatic heterocycles. The normalized spacial score (nSPS) is 38.3. The maximum Gasteiger partial charge on any atom is 0.120 e. The second kappa shape index (κ2) is 9.16. The molecule has 0 bridgehead atoms. The van der Waals surface area contributed by atoms with Crippen molar-refractivity contribution in [3.63, 3.8) is 0 Å². The standard InChI is InChI=1S/C23H35N3O.C2H6/c1-22(11-12-24-3)17(9-15-27)4-5-18-19-6-7-21(26-14-13-25-16-26)23(19,2)10-8-20(18)22;1-2/h7,13-20,24H,4-6,8-12H2,1-3H3;1-2H3. The number of hydrogen-bond acceptors (Lipinski definition) is 3. The smallest absolute Gasteiger partial charge is 0.120 e. The summed E-state index contributed by atoms with van der Waals surface area (Å²) in [6.07, 6.45) is 17.8. The lowest BCUT2D eigenvalue weighted by Gasteiger charge is -2.59. The van der Waals surface area contributed by atoms with Crippen LogP contribution in [0.25, 0.3) is 5.70 Å². The molecule has 0 saturated heterocycles. The number of imidazole rings is 1. The second-order valence-electron chi connectivity index (χ2n) is 9.66. The maximum atomic E-state index is 11.4. The van der Waals surface area contributed by atoms with E-state index in [-0.39, 0.29) is 10.8 Å². The first-order chi connectivity index (χ1) is 14.0. The van der Waals surface area contributed by atoms with Gasteiger partial charge in [0.1, 0.15) is 6.29 Å². The Bertz CT molecular complexity index is 697. The van der Waals surface area contributed by atoms with Crippen molar-refractivity contribution >= 4 is 12.0 Å². The highest BCUT2D eigenvalue weighted by molar-refractivity contribution is 5.56. The lowest BCUT2D eigenvalue weighted by atomic mass is 9.46. The predicted molar refractivity (Wildman–Crippen MR) is 120 cm³/mol. The Kier molecular flexibility index (Phi) is 7.03. The number of aromatic nitrogens is 2. The maximum absolute atomic E-state index is 11.4. The Balaban J connectivity index is 0.00000117. The molecule has 1 heterocycles. The number of aldehydes is 1. The van der Waals surface area contributed by atoms with Gasteiger partial charge in [-0.3, -0.25) is 0 Å². The topological polar surface area (TPSA) is 46.9 Å². The third kappa shape index (κ3) is 3.73. The summed E-state index contributed by atoms with van der Waals surface area (Å²) in [7, 11) is 2.05. The van der Waals surface area contributed by atoms with Crippen molar-refractivity contribution in [1.82, 2.24) is 14.9 Å². The molecule has 3 aliphatic rings. The van der Waals surface area contributed by atoms with E-state index in [2.05, 4.69) is 48.0 Å². The summed E-state index contributed by atoms with van der Waals surface area (Å²) in [6, 6.07) is 0. The highest BCUT2D eigenvalue weighted by atomic mass is 16.1. The van der Waals surface area contributed by atoms with E-state index in [0.717, 1.165) is 30.7 Å². The molecule has 1 N–H and O–H groups in total. The van der Waals surface area contributed by atoms with Gasteiger partial charge in [0, 0.05) is 29.9 Å². The molecule has 2 saturated carbocycles. The number of carbonyl (C=O) groups excluding carboxylic acids is 1. The van der Waals surface area contributed by atoms with Crippen molar-refractivity contribution in [2.24, 2.45) is 34.5 Å². The van der Waals surface area contributed by atoms with E-state index < -0.39 is 0 Å². The quantitative estimate of drug-likeness (QED) is 0.650. The number of rotatable bonds is 6. The van der Waals surface area contributed by atoms with Crippen LogP contribution in [-0.2, 0) is 4.79 Å². The SMILES string of the molecule is CC.CNCCC1(C)C(CC=O)CCC2C3CC=C(n4ccnc4)C3(C)CCC21. The zero-order valence-corrected chi connectivity index (χ0v) is 19.2. The summed E-state index contributed by atoms with van der Waals surface area (Å²) >= 11 is 0. The van der Waals surface area contributed by atoms with Gasteiger partial charge in [0.05, 0.1) is 6.33 Å². The van der Waals surface area contributed by atoms with E-state index in [1.54, 1.807) is 0 Å². The van der Waals surface area contributed by atoms with E-state index >= 15 is 0 Å². The molecule has 0 amide bonds. The molecule has 0 spiro atoms. The molecule has 1 aromatic rings. The third-order valence-corrected chi connectivity index (χ3v) is 8.68. The van der Waals surface area contributed by atoms with Gasteiger partial charge in [0.15, 0.2) is 0 Å². The minimum absolute atomic E-state index is 0.267. The fourth-order valence-corrected chi connectivity index (χ4v) is 7.17. The van der Waals surface area contributed by atoms with Crippen molar-refractivity contribution in [3.05, 3.63) is 24.8 Å². The van der Waals surface area contributed by atoms with Crippen LogP contribution in [0.1, 0.15) is 72.6 Å². The average molecular weight is 400 g/mol. The summed E-state index contributed by atoms with van der Waals surface area (Å²) in [4.78, 5) is 15.7. The number of nitrogens with one attached hydrogen (secondary N) is 1. The van der Waals surface area contributed by atoms with Crippen molar-refractivity contribution in [2.75, 3.05) is 13.6 Å². The molecule has 3 aliphatic carbocycles. The van der Waals surface area contributed by atoms with Gasteiger partial charge < -0.3 is 14.7 Å². The molecule has 0 aliphatic heterocycles. The summed E-state index contributed by atoms with van der Waals surface area (Å²) in [5.74, 6) is 2.82. The molecule has 4 rings (SSSR count). The molecule has 0 aromatic carbocycles. The van der Waals surface area contributed by atoms with Crippen molar-refractivity contribution in [1.29, 1.82) is 0 Å². The van der Waals surface area contributed by atoms with Crippen molar-refractivity contribution < 1.29 is 4.79 Å².